The average molecular weight is 726 g/mol. The number of H-pyrrole nitrogens is 1. The van der Waals surface area contributed by atoms with Gasteiger partial charge in [0.25, 0.3) is 0 Å². The molecule has 0 amide bonds. The number of nitrogens with zero attached hydrogens (tertiary/aromatic N) is 8. The number of benzene rings is 7. The van der Waals surface area contributed by atoms with Gasteiger partial charge in [-0.15, -0.1) is 0 Å². The molecule has 3 aromatic heterocycles. The van der Waals surface area contributed by atoms with Crippen molar-refractivity contribution in [2.45, 2.75) is 0 Å². The fourth-order valence-electron chi connectivity index (χ4n) is 7.69. The van der Waals surface area contributed by atoms with E-state index >= 15 is 0 Å². The first-order valence-corrected chi connectivity index (χ1v) is 17.7. The zero-order valence-electron chi connectivity index (χ0n) is 29.8. The van der Waals surface area contributed by atoms with Crippen LogP contribution in [0.15, 0.2) is 133 Å². The molecular weight excluding hydrogens is 703 g/mol. The molecule has 0 bridgehead atoms. The molecule has 0 spiro atoms. The normalized spacial score (nSPS) is 10.7. The maximum absolute atomic E-state index is 9.53. The molecule has 7 aromatic carbocycles. The Balaban J connectivity index is 0.000000207. The monoisotopic (exact) mass is 725 g/mol. The summed E-state index contributed by atoms with van der Waals surface area (Å²) in [6, 6.07) is 54.8. The molecule has 0 aliphatic rings. The van der Waals surface area contributed by atoms with Gasteiger partial charge >= 0.3 is 0 Å². The molecule has 0 aliphatic carbocycles. The van der Waals surface area contributed by atoms with Gasteiger partial charge in [-0.1, -0.05) is 6.07 Å². The number of fused-ring (bicyclic) bond motifs is 9. The van der Waals surface area contributed by atoms with Crippen LogP contribution in [0.25, 0.3) is 76.8 Å². The summed E-state index contributed by atoms with van der Waals surface area (Å²) in [5, 5.41) is 61.5. The van der Waals surface area contributed by atoms with Crippen LogP contribution in [0.2, 0.25) is 0 Å². The van der Waals surface area contributed by atoms with E-state index in [2.05, 4.69) is 56.6 Å². The lowest BCUT2D eigenvalue weighted by Crippen LogP contribution is -1.98. The zero-order valence-corrected chi connectivity index (χ0v) is 29.8. The number of nitriles is 6. The molecule has 0 unspecified atom stereocenters. The van der Waals surface area contributed by atoms with Crippen molar-refractivity contribution in [2.75, 3.05) is 0 Å². The van der Waals surface area contributed by atoms with Gasteiger partial charge in [0.1, 0.15) is 0 Å². The van der Waals surface area contributed by atoms with Gasteiger partial charge in [-0.3, -0.25) is 0 Å². The molecule has 0 fully saturated rings. The fraction of sp³-hybridized carbons (Fsp3) is 0. The summed E-state index contributed by atoms with van der Waals surface area (Å²) < 4.78 is 4.29. The molecule has 1 N–H and O–H groups in total. The number of hydrogen-bond donors (Lipinski definition) is 1. The predicted octanol–water partition coefficient (Wildman–Crippen LogP) is 10.4. The Labute approximate surface area is 324 Å². The molecule has 9 nitrogen and oxygen atoms in total. The molecule has 0 saturated heterocycles. The molecule has 3 heterocycles. The fourth-order valence-corrected chi connectivity index (χ4v) is 7.69. The van der Waals surface area contributed by atoms with Gasteiger partial charge in [-0.25, -0.2) is 0 Å². The Hall–Kier alpha value is -9.12. The third-order valence-electron chi connectivity index (χ3n) is 10.2. The summed E-state index contributed by atoms with van der Waals surface area (Å²) in [5.41, 5.74) is 11.0. The summed E-state index contributed by atoms with van der Waals surface area (Å²) in [5.74, 6) is 0. The highest BCUT2D eigenvalue weighted by Crippen LogP contribution is 2.37. The minimum Gasteiger partial charge on any atom is -0.355 e. The molecule has 0 radical (unpaired) electrons. The maximum atomic E-state index is 9.53. The van der Waals surface area contributed by atoms with E-state index in [0.29, 0.717) is 33.4 Å². The van der Waals surface area contributed by atoms with Crippen molar-refractivity contribution in [3.63, 3.8) is 0 Å². The predicted molar refractivity (Wildman–Crippen MR) is 219 cm³/mol. The second-order valence-electron chi connectivity index (χ2n) is 13.4. The zero-order chi connectivity index (χ0) is 39.2. The van der Waals surface area contributed by atoms with Gasteiger partial charge in [0, 0.05) is 54.7 Å². The van der Waals surface area contributed by atoms with Crippen LogP contribution in [0, 0.1) is 68.0 Å². The van der Waals surface area contributed by atoms with Gasteiger partial charge < -0.3 is 14.1 Å². The number of aromatic nitrogens is 3. The van der Waals surface area contributed by atoms with E-state index in [0.717, 1.165) is 76.8 Å². The highest BCUT2D eigenvalue weighted by atomic mass is 15.0. The van der Waals surface area contributed by atoms with E-state index in [1.54, 1.807) is 36.4 Å². The smallest absolute Gasteiger partial charge is 0.0991 e. The Kier molecular flexibility index (Phi) is 7.91. The quantitative estimate of drug-likeness (QED) is 0.186. The molecule has 10 aromatic rings. The molecular formula is C48H23N9. The topological polar surface area (TPSA) is 168 Å². The lowest BCUT2D eigenvalue weighted by Gasteiger charge is -2.13. The summed E-state index contributed by atoms with van der Waals surface area (Å²) in [4.78, 5) is 3.26. The van der Waals surface area contributed by atoms with E-state index in [1.165, 1.54) is 0 Å². The molecule has 0 saturated carbocycles. The molecule has 10 rings (SSSR count). The third kappa shape index (κ3) is 5.51. The Morgan fingerprint density at radius 3 is 0.895 bits per heavy atom. The Bertz CT molecular complexity index is 3230. The molecule has 0 aliphatic heterocycles. The van der Waals surface area contributed by atoms with Crippen LogP contribution in [0.5, 0.6) is 0 Å². The number of aromatic amines is 1. The van der Waals surface area contributed by atoms with Crippen LogP contribution in [-0.2, 0) is 0 Å². The van der Waals surface area contributed by atoms with E-state index < -0.39 is 0 Å². The first-order valence-electron chi connectivity index (χ1n) is 17.7. The van der Waals surface area contributed by atoms with Crippen LogP contribution in [0.3, 0.4) is 0 Å². The van der Waals surface area contributed by atoms with Crippen molar-refractivity contribution in [2.24, 2.45) is 0 Å². The van der Waals surface area contributed by atoms with Crippen molar-refractivity contribution in [1.29, 1.82) is 31.6 Å². The summed E-state index contributed by atoms with van der Waals surface area (Å²) in [7, 11) is 0. The maximum Gasteiger partial charge on any atom is 0.0991 e. The number of rotatable bonds is 2. The lowest BCUT2D eigenvalue weighted by molar-refractivity contribution is 1.13. The largest absolute Gasteiger partial charge is 0.355 e. The van der Waals surface area contributed by atoms with Crippen LogP contribution in [-0.4, -0.2) is 14.1 Å². The van der Waals surface area contributed by atoms with Crippen LogP contribution < -0.4 is 0 Å². The van der Waals surface area contributed by atoms with Gasteiger partial charge in [0.05, 0.1) is 91.9 Å². The standard InChI is InChI=1S/C34H16N6.C14H7N3/c35-17-21-4-8-31-27(12-21)28-13-22(18-36)5-9-32(28)39(31)25-2-1-3-26(16-25)40-33-10-6-23(19-37)14-29(33)30-15-24(20-38)7-11-34(30)40;15-7-9-1-3-13-11(5-9)12-6-10(8-16)2-4-14(12)17-13/h1-16H;1-6,17H. The second kappa shape index (κ2) is 13.4. The van der Waals surface area contributed by atoms with Crippen molar-refractivity contribution < 1.29 is 0 Å². The number of hydrogen-bond acceptors (Lipinski definition) is 6. The average Bonchev–Trinajstić information content (AvgIpc) is 3.92. The van der Waals surface area contributed by atoms with Crippen LogP contribution in [0.1, 0.15) is 33.4 Å². The van der Waals surface area contributed by atoms with E-state index in [-0.39, 0.29) is 0 Å². The van der Waals surface area contributed by atoms with Crippen molar-refractivity contribution >= 4 is 65.4 Å². The van der Waals surface area contributed by atoms with Gasteiger partial charge in [-0.2, -0.15) is 31.6 Å². The Morgan fingerprint density at radius 1 is 0.316 bits per heavy atom. The highest BCUT2D eigenvalue weighted by molar-refractivity contribution is 6.12. The molecule has 0 atom stereocenters. The third-order valence-corrected chi connectivity index (χ3v) is 10.2. The minimum atomic E-state index is 0.557. The van der Waals surface area contributed by atoms with Crippen molar-refractivity contribution in [3.8, 4) is 47.8 Å². The Morgan fingerprint density at radius 2 is 0.596 bits per heavy atom. The van der Waals surface area contributed by atoms with Crippen LogP contribution in [0.4, 0.5) is 0 Å². The highest BCUT2D eigenvalue weighted by Gasteiger charge is 2.17. The van der Waals surface area contributed by atoms with E-state index in [1.807, 2.05) is 91.0 Å². The molecule has 57 heavy (non-hydrogen) atoms. The molecule has 260 valence electrons. The lowest BCUT2D eigenvalue weighted by atomic mass is 10.1. The van der Waals surface area contributed by atoms with E-state index in [4.69, 9.17) is 10.5 Å². The van der Waals surface area contributed by atoms with Crippen LogP contribution >= 0.6 is 0 Å². The minimum absolute atomic E-state index is 0.557. The first kappa shape index (κ1) is 33.7. The summed E-state index contributed by atoms with van der Waals surface area (Å²) >= 11 is 0. The summed E-state index contributed by atoms with van der Waals surface area (Å²) in [6.07, 6.45) is 0. The van der Waals surface area contributed by atoms with Crippen molar-refractivity contribution in [3.05, 3.63) is 167 Å². The van der Waals surface area contributed by atoms with E-state index in [9.17, 15) is 21.0 Å². The SMILES string of the molecule is N#Cc1ccc2[nH]c3ccc(C#N)cc3c2c1.N#Cc1ccc2c(c1)c1cc(C#N)ccc1n2-c1cccc(-n2c3ccc(C#N)cc3c3cc(C#N)ccc32)c1. The second-order valence-corrected chi connectivity index (χ2v) is 13.4. The van der Waals surface area contributed by atoms with Crippen molar-refractivity contribution in [1.82, 2.24) is 14.1 Å². The van der Waals surface area contributed by atoms with Gasteiger partial charge in [0.2, 0.25) is 0 Å². The van der Waals surface area contributed by atoms with Gasteiger partial charge in [0.15, 0.2) is 0 Å². The number of nitrogens with one attached hydrogen (secondary N) is 1. The molecule has 9 heteroatoms. The first-order chi connectivity index (χ1) is 27.9. The summed E-state index contributed by atoms with van der Waals surface area (Å²) in [6.45, 7) is 0. The van der Waals surface area contributed by atoms with Gasteiger partial charge in [-0.05, 0) is 127 Å².